The van der Waals surface area contributed by atoms with Crippen molar-refractivity contribution in [3.05, 3.63) is 59.7 Å². The van der Waals surface area contributed by atoms with Crippen LogP contribution in [0.1, 0.15) is 17.5 Å². The van der Waals surface area contributed by atoms with Crippen LogP contribution < -0.4 is 5.48 Å². The Bertz CT molecular complexity index is 970. The zero-order valence-electron chi connectivity index (χ0n) is 15.0. The first kappa shape index (κ1) is 20.4. The topological polar surface area (TPSA) is 76.5 Å². The van der Waals surface area contributed by atoms with E-state index >= 15 is 0 Å². The molecule has 152 valence electrons. The minimum Gasteiger partial charge on any atom is -0.339 e. The maximum atomic E-state index is 12.7. The minimum absolute atomic E-state index is 0.0133. The zero-order valence-corrected chi connectivity index (χ0v) is 15.8. The maximum absolute atomic E-state index is 12.7. The molecular weight excluding hydrogens is 397 g/mol. The number of halogens is 3. The highest BCUT2D eigenvalue weighted by Crippen LogP contribution is 2.29. The van der Waals surface area contributed by atoms with Crippen LogP contribution in [-0.4, -0.2) is 35.4 Å². The second kappa shape index (κ2) is 7.94. The van der Waals surface area contributed by atoms with Crippen molar-refractivity contribution in [2.75, 3.05) is 13.1 Å². The minimum atomic E-state index is -4.40. The van der Waals surface area contributed by atoms with E-state index in [2.05, 4.69) is 10.5 Å². The largest absolute Gasteiger partial charge is 0.416 e. The molecule has 0 aliphatic carbocycles. The second-order valence-electron chi connectivity index (χ2n) is 6.31. The molecule has 2 aromatic rings. The Hall–Kier alpha value is -2.37. The van der Waals surface area contributed by atoms with Crippen molar-refractivity contribution in [3.63, 3.8) is 0 Å². The standard InChI is InChI=1S/C17H19F3N4O3S/c1-23-10-16(21-12-23)28(25,26)24-7-5-15(6-8-24)22-27-11-13-3-2-4-14(9-13)17(18,19)20/h2-5,9-10,12,22H,6-8,11H2,1H3. The quantitative estimate of drug-likeness (QED) is 0.732. The van der Waals surface area contributed by atoms with Gasteiger partial charge in [-0.3, -0.25) is 10.3 Å². The predicted octanol–water partition coefficient (Wildman–Crippen LogP) is 2.44. The number of hydroxylamine groups is 1. The average Bonchev–Trinajstić information content (AvgIpc) is 3.09. The van der Waals surface area contributed by atoms with Crippen LogP contribution in [0.25, 0.3) is 0 Å². The van der Waals surface area contributed by atoms with Gasteiger partial charge in [0.15, 0.2) is 5.03 Å². The monoisotopic (exact) mass is 416 g/mol. The van der Waals surface area contributed by atoms with E-state index < -0.39 is 21.8 Å². The van der Waals surface area contributed by atoms with Crippen LogP contribution in [0.4, 0.5) is 13.2 Å². The maximum Gasteiger partial charge on any atom is 0.416 e. The summed E-state index contributed by atoms with van der Waals surface area (Å²) in [5.41, 5.74) is 2.99. The highest BCUT2D eigenvalue weighted by Gasteiger charge is 2.30. The van der Waals surface area contributed by atoms with Gasteiger partial charge in [0.05, 0.1) is 18.5 Å². The lowest BCUT2D eigenvalue weighted by Gasteiger charge is -2.25. The van der Waals surface area contributed by atoms with E-state index in [0.29, 0.717) is 17.7 Å². The molecule has 1 aromatic carbocycles. The molecular formula is C17H19F3N4O3S. The normalized spacial score (nSPS) is 16.1. The van der Waals surface area contributed by atoms with Gasteiger partial charge >= 0.3 is 6.18 Å². The summed E-state index contributed by atoms with van der Waals surface area (Å²) >= 11 is 0. The summed E-state index contributed by atoms with van der Waals surface area (Å²) in [7, 11) is -1.98. The van der Waals surface area contributed by atoms with Gasteiger partial charge in [-0.25, -0.2) is 13.4 Å². The molecule has 0 saturated heterocycles. The van der Waals surface area contributed by atoms with Crippen molar-refractivity contribution in [1.29, 1.82) is 0 Å². The molecule has 0 radical (unpaired) electrons. The summed E-state index contributed by atoms with van der Waals surface area (Å²) < 4.78 is 66.0. The summed E-state index contributed by atoms with van der Waals surface area (Å²) in [5, 5.41) is -0.0133. The van der Waals surface area contributed by atoms with Gasteiger partial charge in [-0.1, -0.05) is 12.1 Å². The molecule has 2 heterocycles. The van der Waals surface area contributed by atoms with Crippen LogP contribution in [0.3, 0.4) is 0 Å². The van der Waals surface area contributed by atoms with Crippen molar-refractivity contribution in [2.24, 2.45) is 7.05 Å². The van der Waals surface area contributed by atoms with E-state index in [9.17, 15) is 21.6 Å². The van der Waals surface area contributed by atoms with Gasteiger partial charge in [0, 0.05) is 38.5 Å². The SMILES string of the molecule is Cn1cnc(S(=O)(=O)N2CC=C(NOCc3cccc(C(F)(F)F)c3)CC2)c1. The van der Waals surface area contributed by atoms with E-state index in [4.69, 9.17) is 4.84 Å². The van der Waals surface area contributed by atoms with Crippen molar-refractivity contribution in [1.82, 2.24) is 19.3 Å². The van der Waals surface area contributed by atoms with Gasteiger partial charge in [-0.05, 0) is 23.8 Å². The number of benzene rings is 1. The average molecular weight is 416 g/mol. The van der Waals surface area contributed by atoms with Gasteiger partial charge in [0.2, 0.25) is 0 Å². The van der Waals surface area contributed by atoms with Gasteiger partial charge in [0.1, 0.15) is 0 Å². The van der Waals surface area contributed by atoms with Crippen molar-refractivity contribution < 1.29 is 26.4 Å². The number of hydrogen-bond donors (Lipinski definition) is 1. The number of aryl methyl sites for hydroxylation is 1. The van der Waals surface area contributed by atoms with Crippen LogP contribution in [0.5, 0.6) is 0 Å². The van der Waals surface area contributed by atoms with Crippen LogP contribution in [0.15, 0.2) is 53.6 Å². The fourth-order valence-corrected chi connectivity index (χ4v) is 4.01. The van der Waals surface area contributed by atoms with Crippen LogP contribution in [0.2, 0.25) is 0 Å². The van der Waals surface area contributed by atoms with E-state index in [-0.39, 0.29) is 24.7 Å². The molecule has 1 aliphatic rings. The molecule has 0 fully saturated rings. The molecule has 0 amide bonds. The first-order chi connectivity index (χ1) is 13.2. The zero-order chi connectivity index (χ0) is 20.4. The van der Waals surface area contributed by atoms with Crippen molar-refractivity contribution >= 4 is 10.0 Å². The molecule has 1 aromatic heterocycles. The van der Waals surface area contributed by atoms with Gasteiger partial charge < -0.3 is 4.57 Å². The molecule has 28 heavy (non-hydrogen) atoms. The number of aromatic nitrogens is 2. The Labute approximate surface area is 160 Å². The summed E-state index contributed by atoms with van der Waals surface area (Å²) in [6.45, 7) is 0.329. The molecule has 3 rings (SSSR count). The summed E-state index contributed by atoms with van der Waals surface area (Å²) in [6, 6.07) is 4.88. The Kier molecular flexibility index (Phi) is 5.77. The first-order valence-electron chi connectivity index (χ1n) is 8.37. The molecule has 1 N–H and O–H groups in total. The number of sulfonamides is 1. The van der Waals surface area contributed by atoms with E-state index in [0.717, 1.165) is 12.1 Å². The third-order valence-corrected chi connectivity index (χ3v) is 5.90. The second-order valence-corrected chi connectivity index (χ2v) is 8.19. The third-order valence-electron chi connectivity index (χ3n) is 4.15. The van der Waals surface area contributed by atoms with Crippen LogP contribution in [0, 0.1) is 0 Å². The first-order valence-corrected chi connectivity index (χ1v) is 9.81. The van der Waals surface area contributed by atoms with Crippen molar-refractivity contribution in [3.8, 4) is 0 Å². The van der Waals surface area contributed by atoms with Crippen LogP contribution in [-0.2, 0) is 34.7 Å². The molecule has 11 heteroatoms. The Morgan fingerprint density at radius 3 is 2.71 bits per heavy atom. The lowest BCUT2D eigenvalue weighted by atomic mass is 10.1. The molecule has 0 unspecified atom stereocenters. The van der Waals surface area contributed by atoms with E-state index in [1.807, 2.05) is 0 Å². The molecule has 0 bridgehead atoms. The van der Waals surface area contributed by atoms with Gasteiger partial charge in [-0.2, -0.15) is 17.5 Å². The number of hydrogen-bond acceptors (Lipinski definition) is 5. The third kappa shape index (κ3) is 4.72. The molecule has 0 atom stereocenters. The fourth-order valence-electron chi connectivity index (χ4n) is 2.67. The predicted molar refractivity (Wildman–Crippen MR) is 94.0 cm³/mol. The Balaban J connectivity index is 1.54. The fraction of sp³-hybridized carbons (Fsp3) is 0.353. The smallest absolute Gasteiger partial charge is 0.339 e. The summed E-state index contributed by atoms with van der Waals surface area (Å²) in [6.07, 6.45) is 0.495. The number of alkyl halides is 3. The Morgan fingerprint density at radius 2 is 2.11 bits per heavy atom. The van der Waals surface area contributed by atoms with E-state index in [1.54, 1.807) is 17.7 Å². The molecule has 7 nitrogen and oxygen atoms in total. The number of rotatable bonds is 6. The number of nitrogens with zero attached hydrogens (tertiary/aromatic N) is 3. The number of imidazole rings is 1. The van der Waals surface area contributed by atoms with E-state index in [1.165, 1.54) is 29.0 Å². The summed E-state index contributed by atoms with van der Waals surface area (Å²) in [4.78, 5) is 9.15. The molecule has 0 spiro atoms. The number of nitrogens with one attached hydrogen (secondary N) is 1. The summed E-state index contributed by atoms with van der Waals surface area (Å²) in [5.74, 6) is 0. The van der Waals surface area contributed by atoms with Gasteiger partial charge in [0.25, 0.3) is 10.0 Å². The van der Waals surface area contributed by atoms with Crippen molar-refractivity contribution in [2.45, 2.75) is 24.2 Å². The highest BCUT2D eigenvalue weighted by molar-refractivity contribution is 7.89. The van der Waals surface area contributed by atoms with Gasteiger partial charge in [-0.15, -0.1) is 0 Å². The van der Waals surface area contributed by atoms with Crippen LogP contribution >= 0.6 is 0 Å². The Morgan fingerprint density at radius 1 is 1.32 bits per heavy atom. The molecule has 1 aliphatic heterocycles. The highest BCUT2D eigenvalue weighted by atomic mass is 32.2. The lowest BCUT2D eigenvalue weighted by Crippen LogP contribution is -2.36. The molecule has 0 saturated carbocycles. The lowest BCUT2D eigenvalue weighted by molar-refractivity contribution is -0.137.